The molecule has 3 heterocycles. The van der Waals surface area contributed by atoms with E-state index in [9.17, 15) is 9.59 Å². The summed E-state index contributed by atoms with van der Waals surface area (Å²) >= 11 is 1.46. The molecule has 30 heavy (non-hydrogen) atoms. The second-order valence-electron chi connectivity index (χ2n) is 7.54. The third kappa shape index (κ3) is 3.44. The zero-order valence-corrected chi connectivity index (χ0v) is 17.3. The Morgan fingerprint density at radius 2 is 1.60 bits per heavy atom. The monoisotopic (exact) mass is 415 g/mol. The van der Waals surface area contributed by atoms with E-state index in [1.807, 2.05) is 40.6 Å². The lowest BCUT2D eigenvalue weighted by atomic mass is 10.0. The first-order valence-electron chi connectivity index (χ1n) is 10.1. The summed E-state index contributed by atoms with van der Waals surface area (Å²) in [5, 5.41) is 2.56. The normalized spacial score (nSPS) is 13.8. The molecule has 0 unspecified atom stereocenters. The number of rotatable bonds is 4. The van der Waals surface area contributed by atoms with E-state index in [0.717, 1.165) is 48.2 Å². The zero-order valence-electron chi connectivity index (χ0n) is 16.5. The van der Waals surface area contributed by atoms with Crippen LogP contribution in [0.1, 0.15) is 12.8 Å². The summed E-state index contributed by atoms with van der Waals surface area (Å²) in [5.41, 5.74) is 3.98. The Morgan fingerprint density at radius 1 is 0.933 bits per heavy atom. The van der Waals surface area contributed by atoms with E-state index in [4.69, 9.17) is 0 Å². The smallest absolute Gasteiger partial charge is 0.263 e. The predicted octanol–water partition coefficient (Wildman–Crippen LogP) is 4.41. The fourth-order valence-electron chi connectivity index (χ4n) is 3.98. The quantitative estimate of drug-likeness (QED) is 0.496. The van der Waals surface area contributed by atoms with Crippen LogP contribution in [0.2, 0.25) is 0 Å². The van der Waals surface area contributed by atoms with E-state index in [1.165, 1.54) is 22.2 Å². The number of likely N-dealkylation sites (tertiary alicyclic amines) is 1. The number of carbonyl (C=O) groups excluding carboxylic acids is 1. The van der Waals surface area contributed by atoms with Crippen molar-refractivity contribution in [1.29, 1.82) is 0 Å². The molecule has 5 nitrogen and oxygen atoms in total. The van der Waals surface area contributed by atoms with Gasteiger partial charge in [-0.15, -0.1) is 11.3 Å². The minimum absolute atomic E-state index is 0.0141. The van der Waals surface area contributed by atoms with Crippen molar-refractivity contribution in [2.75, 3.05) is 13.1 Å². The highest BCUT2D eigenvalue weighted by atomic mass is 32.1. The Kier molecular flexibility index (Phi) is 4.93. The van der Waals surface area contributed by atoms with Crippen LogP contribution in [0.3, 0.4) is 0 Å². The lowest BCUT2D eigenvalue weighted by molar-refractivity contribution is -0.130. The third-order valence-electron chi connectivity index (χ3n) is 5.63. The van der Waals surface area contributed by atoms with E-state index in [2.05, 4.69) is 29.2 Å². The lowest BCUT2D eigenvalue weighted by Crippen LogP contribution is -2.34. The minimum Gasteiger partial charge on any atom is -0.341 e. The molecule has 1 aliphatic rings. The maximum Gasteiger partial charge on any atom is 0.263 e. The van der Waals surface area contributed by atoms with Crippen LogP contribution in [0.25, 0.3) is 32.5 Å². The van der Waals surface area contributed by atoms with Gasteiger partial charge in [-0.1, -0.05) is 54.6 Å². The Hall–Kier alpha value is -3.25. The molecule has 1 amide bonds. The second-order valence-corrected chi connectivity index (χ2v) is 8.40. The maximum atomic E-state index is 13.2. The van der Waals surface area contributed by atoms with Crippen LogP contribution in [0, 0.1) is 0 Å². The van der Waals surface area contributed by atoms with Gasteiger partial charge in [0.1, 0.15) is 11.4 Å². The van der Waals surface area contributed by atoms with Crippen LogP contribution in [0.15, 0.2) is 71.1 Å². The number of carbonyl (C=O) groups is 1. The lowest BCUT2D eigenvalue weighted by Gasteiger charge is -2.15. The van der Waals surface area contributed by atoms with Gasteiger partial charge >= 0.3 is 0 Å². The molecule has 1 fully saturated rings. The number of fused-ring (bicyclic) bond motifs is 1. The Bertz CT molecular complexity index is 1250. The van der Waals surface area contributed by atoms with Gasteiger partial charge in [0.2, 0.25) is 5.91 Å². The molecule has 6 heteroatoms. The van der Waals surface area contributed by atoms with Gasteiger partial charge in [0, 0.05) is 24.0 Å². The molecular formula is C24H21N3O2S. The van der Waals surface area contributed by atoms with Gasteiger partial charge in [0.25, 0.3) is 5.56 Å². The Balaban J connectivity index is 1.49. The van der Waals surface area contributed by atoms with Crippen molar-refractivity contribution in [3.05, 3.63) is 76.7 Å². The van der Waals surface area contributed by atoms with E-state index < -0.39 is 0 Å². The highest BCUT2D eigenvalue weighted by molar-refractivity contribution is 7.17. The molecule has 0 aliphatic carbocycles. The van der Waals surface area contributed by atoms with Crippen molar-refractivity contribution in [3.63, 3.8) is 0 Å². The summed E-state index contributed by atoms with van der Waals surface area (Å²) < 4.78 is 1.44. The number of hydrogen-bond donors (Lipinski definition) is 0. The third-order valence-corrected chi connectivity index (χ3v) is 6.51. The van der Waals surface area contributed by atoms with Crippen LogP contribution in [0.5, 0.6) is 0 Å². The zero-order chi connectivity index (χ0) is 20.5. The van der Waals surface area contributed by atoms with Crippen LogP contribution in [-0.4, -0.2) is 33.4 Å². The predicted molar refractivity (Wildman–Crippen MR) is 121 cm³/mol. The van der Waals surface area contributed by atoms with E-state index in [1.54, 1.807) is 0 Å². The topological polar surface area (TPSA) is 55.2 Å². The van der Waals surface area contributed by atoms with E-state index in [0.29, 0.717) is 10.2 Å². The largest absolute Gasteiger partial charge is 0.341 e. The summed E-state index contributed by atoms with van der Waals surface area (Å²) in [7, 11) is 0. The SMILES string of the molecule is O=C(Cn1cnc2scc(-c3ccc(-c4ccccc4)cc3)c2c1=O)N1CCCC1. The first-order valence-corrected chi connectivity index (χ1v) is 11.0. The molecule has 5 rings (SSSR count). The van der Waals surface area contributed by atoms with Gasteiger partial charge < -0.3 is 4.90 Å². The molecule has 0 N–H and O–H groups in total. The molecule has 2 aromatic carbocycles. The molecule has 150 valence electrons. The van der Waals surface area contributed by atoms with Crippen molar-refractivity contribution < 1.29 is 4.79 Å². The standard InChI is InChI=1S/C24H21N3O2S/c28-21(26-12-4-5-13-26)14-27-16-25-23-22(24(27)29)20(15-30-23)19-10-8-18(9-11-19)17-6-2-1-3-7-17/h1-3,6-11,15-16H,4-5,12-14H2. The first-order chi connectivity index (χ1) is 14.7. The van der Waals surface area contributed by atoms with Crippen LogP contribution in [-0.2, 0) is 11.3 Å². The van der Waals surface area contributed by atoms with Gasteiger partial charge in [-0.05, 0) is 29.5 Å². The molecule has 4 aromatic rings. The molecule has 1 aliphatic heterocycles. The van der Waals surface area contributed by atoms with Gasteiger partial charge in [-0.2, -0.15) is 0 Å². The molecular weight excluding hydrogens is 394 g/mol. The Labute approximate surface area is 178 Å². The number of hydrogen-bond acceptors (Lipinski definition) is 4. The highest BCUT2D eigenvalue weighted by Gasteiger charge is 2.20. The van der Waals surface area contributed by atoms with E-state index in [-0.39, 0.29) is 18.0 Å². The molecule has 1 saturated heterocycles. The minimum atomic E-state index is -0.157. The van der Waals surface area contributed by atoms with Crippen molar-refractivity contribution in [2.45, 2.75) is 19.4 Å². The summed E-state index contributed by atoms with van der Waals surface area (Å²) in [6.07, 6.45) is 3.56. The summed E-state index contributed by atoms with van der Waals surface area (Å²) in [5.74, 6) is -0.0141. The molecule has 0 spiro atoms. The molecule has 0 bridgehead atoms. The number of nitrogens with zero attached hydrogens (tertiary/aromatic N) is 3. The van der Waals surface area contributed by atoms with Crippen LogP contribution in [0.4, 0.5) is 0 Å². The van der Waals surface area contributed by atoms with E-state index >= 15 is 0 Å². The maximum absolute atomic E-state index is 13.2. The summed E-state index contributed by atoms with van der Waals surface area (Å²) in [4.78, 5) is 32.7. The fourth-order valence-corrected chi connectivity index (χ4v) is 4.88. The summed E-state index contributed by atoms with van der Waals surface area (Å²) in [6, 6.07) is 18.4. The van der Waals surface area contributed by atoms with Crippen molar-refractivity contribution in [2.24, 2.45) is 0 Å². The van der Waals surface area contributed by atoms with Crippen LogP contribution >= 0.6 is 11.3 Å². The van der Waals surface area contributed by atoms with Gasteiger partial charge in [0.05, 0.1) is 11.7 Å². The fraction of sp³-hybridized carbons (Fsp3) is 0.208. The number of thiophene rings is 1. The van der Waals surface area contributed by atoms with Gasteiger partial charge in [-0.3, -0.25) is 14.2 Å². The van der Waals surface area contributed by atoms with Crippen LogP contribution < -0.4 is 5.56 Å². The first kappa shape index (κ1) is 18.8. The number of aromatic nitrogens is 2. The summed E-state index contributed by atoms with van der Waals surface area (Å²) in [6.45, 7) is 1.60. The Morgan fingerprint density at radius 3 is 2.33 bits per heavy atom. The molecule has 0 saturated carbocycles. The van der Waals surface area contributed by atoms with Crippen molar-refractivity contribution >= 4 is 27.5 Å². The van der Waals surface area contributed by atoms with Gasteiger partial charge in [0.15, 0.2) is 0 Å². The number of benzene rings is 2. The highest BCUT2D eigenvalue weighted by Crippen LogP contribution is 2.32. The average molecular weight is 416 g/mol. The molecule has 2 aromatic heterocycles. The molecule has 0 radical (unpaired) electrons. The van der Waals surface area contributed by atoms with Gasteiger partial charge in [-0.25, -0.2) is 4.98 Å². The second kappa shape index (κ2) is 7.88. The van der Waals surface area contributed by atoms with Crippen molar-refractivity contribution in [1.82, 2.24) is 14.5 Å². The average Bonchev–Trinajstić information content (AvgIpc) is 3.47. The molecule has 0 atom stereocenters. The van der Waals surface area contributed by atoms with Crippen molar-refractivity contribution in [3.8, 4) is 22.3 Å². The number of amides is 1.